The Morgan fingerprint density at radius 1 is 1.15 bits per heavy atom. The number of hydrogen-bond acceptors (Lipinski definition) is 3. The summed E-state index contributed by atoms with van der Waals surface area (Å²) in [7, 11) is 1.66. The van der Waals surface area contributed by atoms with Crippen molar-refractivity contribution in [3.63, 3.8) is 0 Å². The van der Waals surface area contributed by atoms with Gasteiger partial charge in [-0.3, -0.25) is 0 Å². The van der Waals surface area contributed by atoms with Gasteiger partial charge in [0.15, 0.2) is 0 Å². The van der Waals surface area contributed by atoms with Crippen molar-refractivity contribution in [2.75, 3.05) is 7.11 Å². The minimum Gasteiger partial charge on any atom is -0.497 e. The van der Waals surface area contributed by atoms with Gasteiger partial charge in [0.05, 0.1) is 29.9 Å². The summed E-state index contributed by atoms with van der Waals surface area (Å²) in [6.07, 6.45) is 1.82. The fourth-order valence-electron chi connectivity index (χ4n) is 2.33. The Balaban J connectivity index is 1.96. The van der Waals surface area contributed by atoms with E-state index in [2.05, 4.69) is 15.1 Å². The molecule has 2 heterocycles. The van der Waals surface area contributed by atoms with E-state index in [4.69, 9.17) is 4.74 Å². The Bertz CT molecular complexity index is 873. The lowest BCUT2D eigenvalue weighted by atomic mass is 10.2. The number of nitrogens with one attached hydrogen (secondary N) is 1. The zero-order valence-corrected chi connectivity index (χ0v) is 10.9. The highest BCUT2D eigenvalue weighted by atomic mass is 16.5. The van der Waals surface area contributed by atoms with Crippen LogP contribution < -0.4 is 4.74 Å². The predicted molar refractivity (Wildman–Crippen MR) is 77.3 cm³/mol. The van der Waals surface area contributed by atoms with E-state index in [1.807, 2.05) is 48.7 Å². The van der Waals surface area contributed by atoms with Gasteiger partial charge < -0.3 is 9.72 Å². The molecular formula is C15H12N4O. The summed E-state index contributed by atoms with van der Waals surface area (Å²) in [6.45, 7) is 0. The maximum absolute atomic E-state index is 5.27. The zero-order valence-electron chi connectivity index (χ0n) is 10.9. The number of benzene rings is 2. The second-order valence-corrected chi connectivity index (χ2v) is 4.56. The number of methoxy groups -OCH3 is 1. The highest BCUT2D eigenvalue weighted by Crippen LogP contribution is 2.23. The molecule has 2 aromatic heterocycles. The van der Waals surface area contributed by atoms with Gasteiger partial charge in [-0.15, -0.1) is 0 Å². The molecule has 2 aromatic carbocycles. The molecule has 0 saturated carbocycles. The van der Waals surface area contributed by atoms with Crippen molar-refractivity contribution >= 4 is 21.9 Å². The molecule has 0 aliphatic carbocycles. The molecule has 4 rings (SSSR count). The average molecular weight is 264 g/mol. The second kappa shape index (κ2) is 4.09. The molecule has 0 spiro atoms. The van der Waals surface area contributed by atoms with E-state index in [0.717, 1.165) is 27.7 Å². The Labute approximate surface area is 114 Å². The molecule has 0 bridgehead atoms. The SMILES string of the molecule is COc1ccc2cnn(-c3nc4ccccc4[nH]3)c2c1. The van der Waals surface area contributed by atoms with Crippen LogP contribution in [0.25, 0.3) is 27.9 Å². The van der Waals surface area contributed by atoms with Gasteiger partial charge in [0, 0.05) is 11.5 Å². The summed E-state index contributed by atoms with van der Waals surface area (Å²) < 4.78 is 7.06. The number of imidazole rings is 1. The third kappa shape index (κ3) is 1.56. The fourth-order valence-corrected chi connectivity index (χ4v) is 2.33. The maximum atomic E-state index is 5.27. The third-order valence-electron chi connectivity index (χ3n) is 3.36. The molecule has 0 atom stereocenters. The topological polar surface area (TPSA) is 55.7 Å². The largest absolute Gasteiger partial charge is 0.497 e. The van der Waals surface area contributed by atoms with Crippen LogP contribution in [0.3, 0.4) is 0 Å². The second-order valence-electron chi connectivity index (χ2n) is 4.56. The number of hydrogen-bond donors (Lipinski definition) is 1. The van der Waals surface area contributed by atoms with Crippen molar-refractivity contribution in [2.45, 2.75) is 0 Å². The summed E-state index contributed by atoms with van der Waals surface area (Å²) in [5, 5.41) is 5.45. The molecule has 5 heteroatoms. The molecule has 0 radical (unpaired) electrons. The van der Waals surface area contributed by atoms with Crippen LogP contribution in [0.15, 0.2) is 48.7 Å². The number of ether oxygens (including phenoxy) is 1. The highest BCUT2D eigenvalue weighted by molar-refractivity contribution is 5.82. The van der Waals surface area contributed by atoms with Crippen LogP contribution in [0.4, 0.5) is 0 Å². The summed E-state index contributed by atoms with van der Waals surface area (Å²) >= 11 is 0. The molecule has 98 valence electrons. The van der Waals surface area contributed by atoms with Gasteiger partial charge in [0.25, 0.3) is 0 Å². The smallest absolute Gasteiger partial charge is 0.229 e. The van der Waals surface area contributed by atoms with E-state index in [1.54, 1.807) is 11.8 Å². The van der Waals surface area contributed by atoms with E-state index in [-0.39, 0.29) is 0 Å². The van der Waals surface area contributed by atoms with Crippen molar-refractivity contribution < 1.29 is 4.74 Å². The van der Waals surface area contributed by atoms with Crippen LogP contribution in [-0.4, -0.2) is 26.9 Å². The number of H-pyrrole nitrogens is 1. The monoisotopic (exact) mass is 264 g/mol. The van der Waals surface area contributed by atoms with Crippen molar-refractivity contribution in [1.29, 1.82) is 0 Å². The molecular weight excluding hydrogens is 252 g/mol. The summed E-state index contributed by atoms with van der Waals surface area (Å²) in [5.41, 5.74) is 2.88. The lowest BCUT2D eigenvalue weighted by molar-refractivity contribution is 0.415. The zero-order chi connectivity index (χ0) is 13.5. The third-order valence-corrected chi connectivity index (χ3v) is 3.36. The summed E-state index contributed by atoms with van der Waals surface area (Å²) in [5.74, 6) is 1.50. The molecule has 0 aliphatic heterocycles. The summed E-state index contributed by atoms with van der Waals surface area (Å²) in [6, 6.07) is 13.8. The standard InChI is InChI=1S/C15H12N4O/c1-20-11-7-6-10-9-16-19(14(10)8-11)15-17-12-4-2-3-5-13(12)18-15/h2-9H,1H3,(H,17,18). The van der Waals surface area contributed by atoms with Crippen molar-refractivity contribution in [2.24, 2.45) is 0 Å². The first kappa shape index (κ1) is 11.0. The first-order chi connectivity index (χ1) is 9.85. The van der Waals surface area contributed by atoms with Crippen LogP contribution in [0, 0.1) is 0 Å². The molecule has 4 aromatic rings. The lowest BCUT2D eigenvalue weighted by Gasteiger charge is -2.01. The number of aromatic amines is 1. The highest BCUT2D eigenvalue weighted by Gasteiger charge is 2.09. The Hall–Kier alpha value is -2.82. The number of rotatable bonds is 2. The molecule has 0 fully saturated rings. The van der Waals surface area contributed by atoms with Gasteiger partial charge in [-0.25, -0.2) is 4.98 Å². The minimum atomic E-state index is 0.703. The maximum Gasteiger partial charge on any atom is 0.229 e. The Morgan fingerprint density at radius 3 is 2.90 bits per heavy atom. The molecule has 0 amide bonds. The normalized spacial score (nSPS) is 11.2. The van der Waals surface area contributed by atoms with Crippen LogP contribution in [-0.2, 0) is 0 Å². The number of nitrogens with zero attached hydrogens (tertiary/aromatic N) is 3. The minimum absolute atomic E-state index is 0.703. The van der Waals surface area contributed by atoms with Crippen LogP contribution in [0.1, 0.15) is 0 Å². The van der Waals surface area contributed by atoms with Gasteiger partial charge in [0.2, 0.25) is 5.95 Å². The van der Waals surface area contributed by atoms with Gasteiger partial charge in [-0.1, -0.05) is 12.1 Å². The molecule has 0 saturated heterocycles. The van der Waals surface area contributed by atoms with Gasteiger partial charge >= 0.3 is 0 Å². The van der Waals surface area contributed by atoms with Crippen LogP contribution >= 0.6 is 0 Å². The predicted octanol–water partition coefficient (Wildman–Crippen LogP) is 2.91. The van der Waals surface area contributed by atoms with E-state index in [9.17, 15) is 0 Å². The molecule has 0 aliphatic rings. The van der Waals surface area contributed by atoms with Gasteiger partial charge in [-0.2, -0.15) is 9.78 Å². The molecule has 0 unspecified atom stereocenters. The first-order valence-electron chi connectivity index (χ1n) is 6.32. The van der Waals surface area contributed by atoms with E-state index >= 15 is 0 Å². The molecule has 1 N–H and O–H groups in total. The first-order valence-corrected chi connectivity index (χ1v) is 6.32. The summed E-state index contributed by atoms with van der Waals surface area (Å²) in [4.78, 5) is 7.84. The molecule has 5 nitrogen and oxygen atoms in total. The fraction of sp³-hybridized carbons (Fsp3) is 0.0667. The quantitative estimate of drug-likeness (QED) is 0.605. The average Bonchev–Trinajstić information content (AvgIpc) is 3.09. The number of aromatic nitrogens is 4. The van der Waals surface area contributed by atoms with E-state index < -0.39 is 0 Å². The van der Waals surface area contributed by atoms with Crippen molar-refractivity contribution in [1.82, 2.24) is 19.7 Å². The van der Waals surface area contributed by atoms with Gasteiger partial charge in [-0.05, 0) is 24.3 Å². The van der Waals surface area contributed by atoms with Crippen molar-refractivity contribution in [3.8, 4) is 11.7 Å². The number of fused-ring (bicyclic) bond motifs is 2. The van der Waals surface area contributed by atoms with E-state index in [1.165, 1.54) is 0 Å². The van der Waals surface area contributed by atoms with E-state index in [0.29, 0.717) is 5.95 Å². The number of para-hydroxylation sites is 2. The van der Waals surface area contributed by atoms with Gasteiger partial charge in [0.1, 0.15) is 5.75 Å². The lowest BCUT2D eigenvalue weighted by Crippen LogP contribution is -1.98. The van der Waals surface area contributed by atoms with Crippen LogP contribution in [0.2, 0.25) is 0 Å². The molecule has 20 heavy (non-hydrogen) atoms. The Kier molecular flexibility index (Phi) is 2.26. The van der Waals surface area contributed by atoms with Crippen molar-refractivity contribution in [3.05, 3.63) is 48.7 Å². The van der Waals surface area contributed by atoms with Crippen LogP contribution in [0.5, 0.6) is 5.75 Å². The Morgan fingerprint density at radius 2 is 2.05 bits per heavy atom.